The number of rotatable bonds is 4. The second-order valence-electron chi connectivity index (χ2n) is 5.42. The summed E-state index contributed by atoms with van der Waals surface area (Å²) in [5.41, 5.74) is 3.50. The van der Waals surface area contributed by atoms with E-state index in [1.54, 1.807) is 6.07 Å². The summed E-state index contributed by atoms with van der Waals surface area (Å²) in [5.74, 6) is -0.419. The van der Waals surface area contributed by atoms with E-state index in [-0.39, 0.29) is 18.4 Å². The molecule has 0 unspecified atom stereocenters. The standard InChI is InChI=1S/C18H19BrN2O2/c1-12-8-9-13(2)16(10-12)20-18(23)11-21(14(3)22)17-7-5-4-6-15(17)19/h4-10H,11H2,1-3H3,(H,20,23). The van der Waals surface area contributed by atoms with Crippen LogP contribution in [0.1, 0.15) is 18.1 Å². The van der Waals surface area contributed by atoms with E-state index in [1.807, 2.05) is 50.2 Å². The Morgan fingerprint density at radius 3 is 2.48 bits per heavy atom. The number of hydrogen-bond acceptors (Lipinski definition) is 2. The van der Waals surface area contributed by atoms with Gasteiger partial charge < -0.3 is 10.2 Å². The van der Waals surface area contributed by atoms with E-state index >= 15 is 0 Å². The summed E-state index contributed by atoms with van der Waals surface area (Å²) in [6.45, 7) is 5.32. The van der Waals surface area contributed by atoms with Gasteiger partial charge in [0, 0.05) is 17.1 Å². The van der Waals surface area contributed by atoms with Crippen LogP contribution in [0.3, 0.4) is 0 Å². The summed E-state index contributed by atoms with van der Waals surface area (Å²) in [5, 5.41) is 2.88. The zero-order valence-electron chi connectivity index (χ0n) is 13.4. The first kappa shape index (κ1) is 17.2. The molecule has 0 saturated carbocycles. The maximum atomic E-state index is 12.4. The zero-order chi connectivity index (χ0) is 17.0. The average Bonchev–Trinajstić information content (AvgIpc) is 2.49. The Morgan fingerprint density at radius 1 is 1.13 bits per heavy atom. The molecule has 0 atom stereocenters. The molecule has 0 aliphatic carbocycles. The maximum Gasteiger partial charge on any atom is 0.244 e. The van der Waals surface area contributed by atoms with Gasteiger partial charge in [0.1, 0.15) is 6.54 Å². The minimum absolute atomic E-state index is 0.0364. The van der Waals surface area contributed by atoms with Gasteiger partial charge in [0.05, 0.1) is 5.69 Å². The van der Waals surface area contributed by atoms with Crippen LogP contribution in [0.25, 0.3) is 0 Å². The monoisotopic (exact) mass is 374 g/mol. The number of amides is 2. The van der Waals surface area contributed by atoms with Crippen LogP contribution in [-0.2, 0) is 9.59 Å². The average molecular weight is 375 g/mol. The predicted molar refractivity (Wildman–Crippen MR) is 96.7 cm³/mol. The van der Waals surface area contributed by atoms with Gasteiger partial charge in [-0.2, -0.15) is 0 Å². The van der Waals surface area contributed by atoms with Gasteiger partial charge in [-0.15, -0.1) is 0 Å². The largest absolute Gasteiger partial charge is 0.324 e. The smallest absolute Gasteiger partial charge is 0.244 e. The van der Waals surface area contributed by atoms with Crippen molar-refractivity contribution in [3.63, 3.8) is 0 Å². The van der Waals surface area contributed by atoms with Crippen LogP contribution < -0.4 is 10.2 Å². The van der Waals surface area contributed by atoms with Gasteiger partial charge in [0.25, 0.3) is 0 Å². The van der Waals surface area contributed by atoms with Crippen LogP contribution in [-0.4, -0.2) is 18.4 Å². The number of para-hydroxylation sites is 1. The molecule has 2 aromatic rings. The highest BCUT2D eigenvalue weighted by Gasteiger charge is 2.18. The van der Waals surface area contributed by atoms with Crippen molar-refractivity contribution >= 4 is 39.1 Å². The molecule has 0 saturated heterocycles. The first-order chi connectivity index (χ1) is 10.9. The molecule has 0 aliphatic heterocycles. The Kier molecular flexibility index (Phi) is 5.55. The minimum Gasteiger partial charge on any atom is -0.324 e. The Hall–Kier alpha value is -2.14. The van der Waals surface area contributed by atoms with Crippen LogP contribution >= 0.6 is 15.9 Å². The Morgan fingerprint density at radius 2 is 1.83 bits per heavy atom. The SMILES string of the molecule is CC(=O)N(CC(=O)Nc1cc(C)ccc1C)c1ccccc1Br. The van der Waals surface area contributed by atoms with Gasteiger partial charge in [-0.25, -0.2) is 0 Å². The van der Waals surface area contributed by atoms with Crippen molar-refractivity contribution in [2.75, 3.05) is 16.8 Å². The van der Waals surface area contributed by atoms with Gasteiger partial charge in [-0.1, -0.05) is 24.3 Å². The predicted octanol–water partition coefficient (Wildman–Crippen LogP) is 4.06. The third kappa shape index (κ3) is 4.42. The Balaban J connectivity index is 2.18. The van der Waals surface area contributed by atoms with E-state index in [9.17, 15) is 9.59 Å². The number of aryl methyl sites for hydroxylation is 2. The van der Waals surface area contributed by atoms with Crippen LogP contribution in [0.4, 0.5) is 11.4 Å². The quantitative estimate of drug-likeness (QED) is 0.876. The summed E-state index contributed by atoms with van der Waals surface area (Å²) in [7, 11) is 0. The molecule has 1 N–H and O–H groups in total. The van der Waals surface area contributed by atoms with Gasteiger partial charge >= 0.3 is 0 Å². The second-order valence-corrected chi connectivity index (χ2v) is 6.28. The zero-order valence-corrected chi connectivity index (χ0v) is 15.0. The molecule has 0 aliphatic rings. The Labute approximate surface area is 144 Å². The lowest BCUT2D eigenvalue weighted by Crippen LogP contribution is -2.37. The molecule has 0 heterocycles. The van der Waals surface area contributed by atoms with Crippen molar-refractivity contribution in [3.05, 3.63) is 58.1 Å². The first-order valence-corrected chi connectivity index (χ1v) is 8.07. The number of benzene rings is 2. The highest BCUT2D eigenvalue weighted by Crippen LogP contribution is 2.26. The lowest BCUT2D eigenvalue weighted by molar-refractivity contribution is -0.120. The maximum absolute atomic E-state index is 12.4. The Bertz CT molecular complexity index is 744. The number of nitrogens with one attached hydrogen (secondary N) is 1. The highest BCUT2D eigenvalue weighted by molar-refractivity contribution is 9.10. The molecule has 4 nitrogen and oxygen atoms in total. The molecule has 0 radical (unpaired) electrons. The molecule has 2 aromatic carbocycles. The fourth-order valence-corrected chi connectivity index (χ4v) is 2.74. The van der Waals surface area contributed by atoms with Gasteiger partial charge in [-0.05, 0) is 59.1 Å². The lowest BCUT2D eigenvalue weighted by Gasteiger charge is -2.22. The summed E-state index contributed by atoms with van der Waals surface area (Å²) in [4.78, 5) is 25.7. The van der Waals surface area contributed by atoms with E-state index in [0.717, 1.165) is 21.3 Å². The third-order valence-corrected chi connectivity index (χ3v) is 4.16. The number of carbonyl (C=O) groups is 2. The summed E-state index contributed by atoms with van der Waals surface area (Å²) in [6, 6.07) is 13.2. The number of anilines is 2. The third-order valence-electron chi connectivity index (χ3n) is 3.49. The van der Waals surface area contributed by atoms with Crippen molar-refractivity contribution in [1.82, 2.24) is 0 Å². The van der Waals surface area contributed by atoms with E-state index in [4.69, 9.17) is 0 Å². The topological polar surface area (TPSA) is 49.4 Å². The molecule has 2 rings (SSSR count). The number of nitrogens with zero attached hydrogens (tertiary/aromatic N) is 1. The van der Waals surface area contributed by atoms with Crippen LogP contribution in [0.5, 0.6) is 0 Å². The molecular weight excluding hydrogens is 356 g/mol. The highest BCUT2D eigenvalue weighted by atomic mass is 79.9. The van der Waals surface area contributed by atoms with Crippen molar-refractivity contribution in [2.45, 2.75) is 20.8 Å². The molecule has 0 aromatic heterocycles. The number of hydrogen-bond donors (Lipinski definition) is 1. The van der Waals surface area contributed by atoms with Crippen molar-refractivity contribution < 1.29 is 9.59 Å². The fraction of sp³-hybridized carbons (Fsp3) is 0.222. The summed E-state index contributed by atoms with van der Waals surface area (Å²) in [6.07, 6.45) is 0. The molecule has 23 heavy (non-hydrogen) atoms. The van der Waals surface area contributed by atoms with Crippen molar-refractivity contribution in [1.29, 1.82) is 0 Å². The molecule has 0 bridgehead atoms. The van der Waals surface area contributed by atoms with Crippen LogP contribution in [0.2, 0.25) is 0 Å². The molecule has 0 fully saturated rings. The normalized spacial score (nSPS) is 10.3. The number of halogens is 1. The minimum atomic E-state index is -0.232. The fourth-order valence-electron chi connectivity index (χ4n) is 2.24. The second kappa shape index (κ2) is 7.42. The van der Waals surface area contributed by atoms with Crippen LogP contribution in [0.15, 0.2) is 46.9 Å². The van der Waals surface area contributed by atoms with E-state index in [1.165, 1.54) is 11.8 Å². The van der Waals surface area contributed by atoms with E-state index in [0.29, 0.717) is 5.69 Å². The van der Waals surface area contributed by atoms with Crippen molar-refractivity contribution in [3.8, 4) is 0 Å². The van der Waals surface area contributed by atoms with E-state index < -0.39 is 0 Å². The lowest BCUT2D eigenvalue weighted by atomic mass is 10.1. The van der Waals surface area contributed by atoms with Gasteiger partial charge in [0.15, 0.2) is 0 Å². The molecule has 2 amide bonds. The molecule has 5 heteroatoms. The number of carbonyl (C=O) groups excluding carboxylic acids is 2. The molecular formula is C18H19BrN2O2. The van der Waals surface area contributed by atoms with Gasteiger partial charge in [0.2, 0.25) is 11.8 Å². The van der Waals surface area contributed by atoms with Crippen LogP contribution in [0, 0.1) is 13.8 Å². The van der Waals surface area contributed by atoms with E-state index in [2.05, 4.69) is 21.2 Å². The molecule has 120 valence electrons. The van der Waals surface area contributed by atoms with Gasteiger partial charge in [-0.3, -0.25) is 9.59 Å². The summed E-state index contributed by atoms with van der Waals surface area (Å²) < 4.78 is 0.773. The van der Waals surface area contributed by atoms with Crippen molar-refractivity contribution in [2.24, 2.45) is 0 Å². The first-order valence-electron chi connectivity index (χ1n) is 7.28. The molecule has 0 spiro atoms. The summed E-state index contributed by atoms with van der Waals surface area (Å²) >= 11 is 3.42.